The largest absolute Gasteiger partial charge is 0.151 e. The Kier molecular flexibility index (Phi) is 10.4. The molecular formula is C12H25NO. The molecule has 0 aromatic carbocycles. The van der Waals surface area contributed by atoms with Crippen LogP contribution in [0.15, 0.2) is 5.18 Å². The van der Waals surface area contributed by atoms with Gasteiger partial charge in [-0.3, -0.25) is 0 Å². The molecule has 0 aliphatic carbocycles. The van der Waals surface area contributed by atoms with Crippen LogP contribution in [0.4, 0.5) is 0 Å². The summed E-state index contributed by atoms with van der Waals surface area (Å²) < 4.78 is 0. The molecule has 1 unspecified atom stereocenters. The first-order valence-electron chi connectivity index (χ1n) is 6.13. The minimum absolute atomic E-state index is 0.0232. The van der Waals surface area contributed by atoms with Crippen LogP contribution in [0.25, 0.3) is 0 Å². The highest BCUT2D eigenvalue weighted by Crippen LogP contribution is 2.11. The summed E-state index contributed by atoms with van der Waals surface area (Å²) in [7, 11) is 0. The van der Waals surface area contributed by atoms with Crippen molar-refractivity contribution in [2.24, 2.45) is 5.18 Å². The molecule has 2 nitrogen and oxygen atoms in total. The molecule has 0 fully saturated rings. The monoisotopic (exact) mass is 199 g/mol. The average Bonchev–Trinajstić information content (AvgIpc) is 2.21. The molecule has 1 atom stereocenters. The summed E-state index contributed by atoms with van der Waals surface area (Å²) in [4.78, 5) is 10.1. The van der Waals surface area contributed by atoms with Crippen LogP contribution in [0.1, 0.15) is 71.6 Å². The van der Waals surface area contributed by atoms with E-state index in [4.69, 9.17) is 0 Å². The first-order valence-corrected chi connectivity index (χ1v) is 6.13. The van der Waals surface area contributed by atoms with E-state index >= 15 is 0 Å². The van der Waals surface area contributed by atoms with Crippen LogP contribution in [0.5, 0.6) is 0 Å². The molecule has 14 heavy (non-hydrogen) atoms. The summed E-state index contributed by atoms with van der Waals surface area (Å²) >= 11 is 0. The Balaban J connectivity index is 2.95. The molecule has 0 heterocycles. The van der Waals surface area contributed by atoms with Gasteiger partial charge < -0.3 is 0 Å². The second-order valence-corrected chi connectivity index (χ2v) is 4.22. The van der Waals surface area contributed by atoms with Crippen molar-refractivity contribution in [2.45, 2.75) is 77.7 Å². The van der Waals surface area contributed by atoms with E-state index in [-0.39, 0.29) is 6.04 Å². The molecule has 0 bridgehead atoms. The zero-order valence-corrected chi connectivity index (χ0v) is 9.80. The molecule has 0 spiro atoms. The highest BCUT2D eigenvalue weighted by molar-refractivity contribution is 4.57. The highest BCUT2D eigenvalue weighted by atomic mass is 16.3. The van der Waals surface area contributed by atoms with Crippen molar-refractivity contribution in [1.82, 2.24) is 0 Å². The first kappa shape index (κ1) is 13.6. The summed E-state index contributed by atoms with van der Waals surface area (Å²) in [6, 6.07) is 0.0232. The van der Waals surface area contributed by atoms with Crippen LogP contribution in [0, 0.1) is 4.91 Å². The minimum Gasteiger partial charge on any atom is -0.151 e. The van der Waals surface area contributed by atoms with Crippen molar-refractivity contribution in [3.8, 4) is 0 Å². The standard InChI is InChI=1S/C12H25NO/c1-3-4-5-6-7-8-9-10-11-12(2)13-14/h12H,3-11H2,1-2H3. The number of nitrogens with zero attached hydrogens (tertiary/aromatic N) is 1. The normalized spacial score (nSPS) is 12.7. The summed E-state index contributed by atoms with van der Waals surface area (Å²) in [6.45, 7) is 4.14. The Bertz CT molecular complexity index is 125. The number of rotatable bonds is 10. The lowest BCUT2D eigenvalue weighted by atomic mass is 10.1. The molecule has 0 rings (SSSR count). The molecule has 0 N–H and O–H groups in total. The van der Waals surface area contributed by atoms with Crippen molar-refractivity contribution in [2.75, 3.05) is 0 Å². The molecule has 0 amide bonds. The first-order chi connectivity index (χ1) is 6.81. The van der Waals surface area contributed by atoms with E-state index < -0.39 is 0 Å². The summed E-state index contributed by atoms with van der Waals surface area (Å²) in [5.41, 5.74) is 0. The minimum atomic E-state index is 0.0232. The van der Waals surface area contributed by atoms with E-state index in [1.54, 1.807) is 0 Å². The van der Waals surface area contributed by atoms with Gasteiger partial charge in [-0.1, -0.05) is 63.5 Å². The van der Waals surface area contributed by atoms with Crippen LogP contribution in [0.3, 0.4) is 0 Å². The van der Waals surface area contributed by atoms with Crippen LogP contribution >= 0.6 is 0 Å². The predicted octanol–water partition coefficient (Wildman–Crippen LogP) is 4.67. The zero-order chi connectivity index (χ0) is 10.6. The SMILES string of the molecule is CCCCCCCCCCC(C)N=O. The lowest BCUT2D eigenvalue weighted by Crippen LogP contribution is -1.95. The lowest BCUT2D eigenvalue weighted by molar-refractivity contribution is 0.541. The van der Waals surface area contributed by atoms with E-state index in [1.165, 1.54) is 51.4 Å². The van der Waals surface area contributed by atoms with Gasteiger partial charge in [0, 0.05) is 0 Å². The third kappa shape index (κ3) is 9.69. The summed E-state index contributed by atoms with van der Waals surface area (Å²) in [5.74, 6) is 0. The molecule has 0 aliphatic rings. The molecule has 2 heteroatoms. The van der Waals surface area contributed by atoms with Gasteiger partial charge in [-0.2, -0.15) is 4.91 Å². The van der Waals surface area contributed by atoms with E-state index in [0.717, 1.165) is 6.42 Å². The number of unbranched alkanes of at least 4 members (excludes halogenated alkanes) is 7. The van der Waals surface area contributed by atoms with Crippen molar-refractivity contribution < 1.29 is 0 Å². The van der Waals surface area contributed by atoms with E-state index in [1.807, 2.05) is 6.92 Å². The van der Waals surface area contributed by atoms with Crippen LogP contribution in [-0.2, 0) is 0 Å². The van der Waals surface area contributed by atoms with Gasteiger partial charge in [0.2, 0.25) is 0 Å². The Morgan fingerprint density at radius 3 is 1.93 bits per heavy atom. The second-order valence-electron chi connectivity index (χ2n) is 4.22. The predicted molar refractivity (Wildman–Crippen MR) is 62.5 cm³/mol. The fourth-order valence-electron chi connectivity index (χ4n) is 1.63. The summed E-state index contributed by atoms with van der Waals surface area (Å²) in [6.07, 6.45) is 11.6. The van der Waals surface area contributed by atoms with Gasteiger partial charge in [0.25, 0.3) is 0 Å². The molecule has 0 aromatic heterocycles. The smallest absolute Gasteiger partial charge is 0.0891 e. The van der Waals surface area contributed by atoms with Gasteiger partial charge in [0.05, 0.1) is 6.04 Å². The van der Waals surface area contributed by atoms with Crippen LogP contribution in [0.2, 0.25) is 0 Å². The lowest BCUT2D eigenvalue weighted by Gasteiger charge is -2.02. The molecule has 0 aromatic rings. The Labute approximate surface area is 88.4 Å². The molecule has 84 valence electrons. The van der Waals surface area contributed by atoms with Gasteiger partial charge in [0.1, 0.15) is 0 Å². The van der Waals surface area contributed by atoms with E-state index in [0.29, 0.717) is 0 Å². The average molecular weight is 199 g/mol. The molecular weight excluding hydrogens is 174 g/mol. The van der Waals surface area contributed by atoms with Gasteiger partial charge in [-0.15, -0.1) is 0 Å². The maximum atomic E-state index is 10.1. The maximum absolute atomic E-state index is 10.1. The second kappa shape index (κ2) is 10.7. The molecule has 0 radical (unpaired) electrons. The zero-order valence-electron chi connectivity index (χ0n) is 9.80. The van der Waals surface area contributed by atoms with Crippen LogP contribution in [-0.4, -0.2) is 6.04 Å². The molecule has 0 saturated carbocycles. The van der Waals surface area contributed by atoms with E-state index in [2.05, 4.69) is 12.1 Å². The van der Waals surface area contributed by atoms with Gasteiger partial charge >= 0.3 is 0 Å². The van der Waals surface area contributed by atoms with Gasteiger partial charge in [0.15, 0.2) is 0 Å². The van der Waals surface area contributed by atoms with E-state index in [9.17, 15) is 4.91 Å². The highest BCUT2D eigenvalue weighted by Gasteiger charge is 1.99. The van der Waals surface area contributed by atoms with Crippen molar-refractivity contribution in [3.05, 3.63) is 4.91 Å². The molecule has 0 aliphatic heterocycles. The van der Waals surface area contributed by atoms with Crippen molar-refractivity contribution in [3.63, 3.8) is 0 Å². The Morgan fingerprint density at radius 2 is 1.43 bits per heavy atom. The topological polar surface area (TPSA) is 29.4 Å². The van der Waals surface area contributed by atoms with Crippen molar-refractivity contribution >= 4 is 0 Å². The van der Waals surface area contributed by atoms with Gasteiger partial charge in [-0.05, 0) is 13.3 Å². The van der Waals surface area contributed by atoms with Crippen molar-refractivity contribution in [1.29, 1.82) is 0 Å². The number of nitroso groups, excluding NO2 is 1. The quantitative estimate of drug-likeness (QED) is 0.371. The summed E-state index contributed by atoms with van der Waals surface area (Å²) in [5, 5.41) is 3.00. The maximum Gasteiger partial charge on any atom is 0.0891 e. The third-order valence-electron chi connectivity index (χ3n) is 2.66. The molecule has 0 saturated heterocycles. The number of hydrogen-bond acceptors (Lipinski definition) is 2. The fraction of sp³-hybridized carbons (Fsp3) is 1.00. The van der Waals surface area contributed by atoms with Crippen LogP contribution < -0.4 is 0 Å². The van der Waals surface area contributed by atoms with Gasteiger partial charge in [-0.25, -0.2) is 0 Å². The Hall–Kier alpha value is -0.400. The fourth-order valence-corrected chi connectivity index (χ4v) is 1.63. The Morgan fingerprint density at radius 1 is 0.929 bits per heavy atom. The third-order valence-corrected chi connectivity index (χ3v) is 2.66. The number of hydrogen-bond donors (Lipinski definition) is 0.